The van der Waals surface area contributed by atoms with E-state index in [4.69, 9.17) is 4.99 Å². The number of hydrogen-bond donors (Lipinski definition) is 2. The molecule has 0 bridgehead atoms. The molecule has 1 aromatic carbocycles. The molecule has 0 atom stereocenters. The highest BCUT2D eigenvalue weighted by atomic mass is 127. The molecule has 0 radical (unpaired) electrons. The smallest absolute Gasteiger partial charge is 0.191 e. The summed E-state index contributed by atoms with van der Waals surface area (Å²) in [5.74, 6) is 0.836. The van der Waals surface area contributed by atoms with Crippen molar-refractivity contribution < 1.29 is 0 Å². The zero-order valence-electron chi connectivity index (χ0n) is 20.3. The minimum Gasteiger partial charge on any atom is -0.357 e. The second-order valence-corrected chi connectivity index (χ2v) is 8.35. The zero-order valence-corrected chi connectivity index (χ0v) is 22.6. The number of nitrogens with one attached hydrogen (secondary N) is 2. The van der Waals surface area contributed by atoms with E-state index in [0.29, 0.717) is 6.54 Å². The van der Waals surface area contributed by atoms with Crippen LogP contribution in [-0.2, 0) is 26.7 Å². The zero-order chi connectivity index (χ0) is 22.2. The molecule has 1 aliphatic rings. The summed E-state index contributed by atoms with van der Waals surface area (Å²) in [4.78, 5) is 9.85. The van der Waals surface area contributed by atoms with Gasteiger partial charge in [-0.25, -0.2) is 4.99 Å². The number of hydrogen-bond acceptors (Lipinski definition) is 4. The molecule has 32 heavy (non-hydrogen) atoms. The van der Waals surface area contributed by atoms with Crippen LogP contribution in [0.3, 0.4) is 0 Å². The summed E-state index contributed by atoms with van der Waals surface area (Å²) in [6.45, 7) is 17.6. The van der Waals surface area contributed by atoms with Gasteiger partial charge in [-0.15, -0.1) is 24.0 Å². The molecule has 0 saturated carbocycles. The maximum atomic E-state index is 4.78. The van der Waals surface area contributed by atoms with Gasteiger partial charge in [0.1, 0.15) is 0 Å². The van der Waals surface area contributed by atoms with E-state index in [1.165, 1.54) is 35.5 Å². The van der Waals surface area contributed by atoms with Crippen molar-refractivity contribution in [3.05, 3.63) is 52.3 Å². The van der Waals surface area contributed by atoms with Crippen LogP contribution in [0.5, 0.6) is 0 Å². The fraction of sp³-hybridized carbons (Fsp3) is 0.583. The van der Waals surface area contributed by atoms with Crippen molar-refractivity contribution in [3.63, 3.8) is 0 Å². The van der Waals surface area contributed by atoms with Gasteiger partial charge in [-0.05, 0) is 38.4 Å². The average molecular weight is 554 g/mol. The molecule has 0 amide bonds. The Labute approximate surface area is 210 Å². The van der Waals surface area contributed by atoms with E-state index < -0.39 is 0 Å². The fourth-order valence-electron chi connectivity index (χ4n) is 4.03. The number of aliphatic imine (C=N–C) groups is 1. The third-order valence-corrected chi connectivity index (χ3v) is 6.20. The third kappa shape index (κ3) is 7.45. The average Bonchev–Trinajstić information content (AvgIpc) is 3.02. The number of guanidine groups is 1. The Morgan fingerprint density at radius 3 is 2.16 bits per heavy atom. The van der Waals surface area contributed by atoms with Crippen LogP contribution in [0.15, 0.2) is 29.3 Å². The van der Waals surface area contributed by atoms with Gasteiger partial charge in [-0.2, -0.15) is 5.10 Å². The molecule has 3 rings (SSSR count). The second kappa shape index (κ2) is 13.2. The van der Waals surface area contributed by atoms with Crippen molar-refractivity contribution in [1.29, 1.82) is 0 Å². The summed E-state index contributed by atoms with van der Waals surface area (Å²) in [5, 5.41) is 11.3. The first kappa shape index (κ1) is 26.6. The van der Waals surface area contributed by atoms with Gasteiger partial charge in [0, 0.05) is 64.1 Å². The first-order valence-corrected chi connectivity index (χ1v) is 11.5. The van der Waals surface area contributed by atoms with Crippen LogP contribution in [0.4, 0.5) is 0 Å². The highest BCUT2D eigenvalue weighted by Crippen LogP contribution is 2.12. The summed E-state index contributed by atoms with van der Waals surface area (Å²) in [6.07, 6.45) is 0. The molecule has 0 aliphatic carbocycles. The van der Waals surface area contributed by atoms with Gasteiger partial charge < -0.3 is 15.5 Å². The predicted octanol–water partition coefficient (Wildman–Crippen LogP) is 3.05. The first-order valence-electron chi connectivity index (χ1n) is 11.5. The number of likely N-dealkylation sites (N-methyl/N-ethyl adjacent to an activating group) is 1. The standard InChI is InChI=1S/C24H39N7.HI/c1-6-25-24(27-17-23-19(3)28-29(5)20(23)4)26-16-21-8-10-22(11-9-21)18-31-14-12-30(7-2)13-15-31;/h8-11H,6-7,12-18H2,1-5H3,(H2,25,26,27);1H. The van der Waals surface area contributed by atoms with Gasteiger partial charge in [0.2, 0.25) is 0 Å². The largest absolute Gasteiger partial charge is 0.357 e. The van der Waals surface area contributed by atoms with E-state index in [-0.39, 0.29) is 24.0 Å². The lowest BCUT2D eigenvalue weighted by Crippen LogP contribution is -2.45. The number of nitrogens with zero attached hydrogens (tertiary/aromatic N) is 5. The Hall–Kier alpha value is -1.65. The Morgan fingerprint density at radius 1 is 0.969 bits per heavy atom. The van der Waals surface area contributed by atoms with Gasteiger partial charge in [-0.3, -0.25) is 9.58 Å². The number of aryl methyl sites for hydroxylation is 2. The number of aromatic nitrogens is 2. The first-order chi connectivity index (χ1) is 15.0. The summed E-state index contributed by atoms with van der Waals surface area (Å²) in [7, 11) is 1.99. The summed E-state index contributed by atoms with van der Waals surface area (Å²) in [6, 6.07) is 8.92. The van der Waals surface area contributed by atoms with E-state index in [9.17, 15) is 0 Å². The van der Waals surface area contributed by atoms with Crippen LogP contribution in [0, 0.1) is 13.8 Å². The number of rotatable bonds is 8. The van der Waals surface area contributed by atoms with E-state index in [1.807, 2.05) is 11.7 Å². The second-order valence-electron chi connectivity index (χ2n) is 8.35. The summed E-state index contributed by atoms with van der Waals surface area (Å²) < 4.78 is 1.93. The van der Waals surface area contributed by atoms with Crippen LogP contribution < -0.4 is 10.6 Å². The molecular weight excluding hydrogens is 513 g/mol. The van der Waals surface area contributed by atoms with E-state index in [1.54, 1.807) is 0 Å². The minimum absolute atomic E-state index is 0. The predicted molar refractivity (Wildman–Crippen MR) is 144 cm³/mol. The molecule has 1 fully saturated rings. The summed E-state index contributed by atoms with van der Waals surface area (Å²) in [5.41, 5.74) is 6.09. The molecular formula is C24H40IN7. The van der Waals surface area contributed by atoms with Gasteiger partial charge >= 0.3 is 0 Å². The topological polar surface area (TPSA) is 60.7 Å². The van der Waals surface area contributed by atoms with Crippen molar-refractivity contribution in [2.45, 2.75) is 47.3 Å². The minimum atomic E-state index is 0. The third-order valence-electron chi connectivity index (χ3n) is 6.20. The van der Waals surface area contributed by atoms with Crippen LogP contribution >= 0.6 is 24.0 Å². The van der Waals surface area contributed by atoms with Gasteiger partial charge in [0.25, 0.3) is 0 Å². The van der Waals surface area contributed by atoms with Gasteiger partial charge in [-0.1, -0.05) is 31.2 Å². The molecule has 2 N–H and O–H groups in total. The molecule has 2 heterocycles. The summed E-state index contributed by atoms with van der Waals surface area (Å²) >= 11 is 0. The lowest BCUT2D eigenvalue weighted by molar-refractivity contribution is 0.132. The molecule has 1 saturated heterocycles. The monoisotopic (exact) mass is 553 g/mol. The molecule has 1 aromatic heterocycles. The van der Waals surface area contributed by atoms with E-state index in [0.717, 1.165) is 50.9 Å². The van der Waals surface area contributed by atoms with Crippen molar-refractivity contribution in [3.8, 4) is 0 Å². The molecule has 7 nitrogen and oxygen atoms in total. The Kier molecular flexibility index (Phi) is 10.9. The maximum Gasteiger partial charge on any atom is 0.191 e. The molecule has 2 aromatic rings. The van der Waals surface area contributed by atoms with Crippen LogP contribution in [-0.4, -0.2) is 64.8 Å². The van der Waals surface area contributed by atoms with Gasteiger partial charge in [0.15, 0.2) is 5.96 Å². The molecule has 1 aliphatic heterocycles. The normalized spacial score (nSPS) is 15.5. The van der Waals surface area contributed by atoms with Crippen LogP contribution in [0.1, 0.15) is 41.9 Å². The highest BCUT2D eigenvalue weighted by Gasteiger charge is 2.15. The van der Waals surface area contributed by atoms with E-state index >= 15 is 0 Å². The molecule has 178 valence electrons. The fourth-order valence-corrected chi connectivity index (χ4v) is 4.03. The Morgan fingerprint density at radius 2 is 1.59 bits per heavy atom. The lowest BCUT2D eigenvalue weighted by atomic mass is 10.1. The number of halogens is 1. The van der Waals surface area contributed by atoms with Crippen molar-refractivity contribution >= 4 is 29.9 Å². The molecule has 0 unspecified atom stereocenters. The van der Waals surface area contributed by atoms with Crippen molar-refractivity contribution in [2.24, 2.45) is 12.0 Å². The highest BCUT2D eigenvalue weighted by molar-refractivity contribution is 14.0. The maximum absolute atomic E-state index is 4.78. The quantitative estimate of drug-likeness (QED) is 0.299. The van der Waals surface area contributed by atoms with Crippen LogP contribution in [0.2, 0.25) is 0 Å². The van der Waals surface area contributed by atoms with Gasteiger partial charge in [0.05, 0.1) is 12.2 Å². The van der Waals surface area contributed by atoms with Crippen LogP contribution in [0.25, 0.3) is 0 Å². The molecule has 0 spiro atoms. The number of piperazine rings is 1. The van der Waals surface area contributed by atoms with Crippen molar-refractivity contribution in [2.75, 3.05) is 39.3 Å². The molecule has 8 heteroatoms. The Balaban J connectivity index is 0.00000363. The Bertz CT molecular complexity index is 852. The van der Waals surface area contributed by atoms with E-state index in [2.05, 4.69) is 77.5 Å². The lowest BCUT2D eigenvalue weighted by Gasteiger charge is -2.34. The SMILES string of the molecule is CCNC(=NCc1ccc(CN2CCN(CC)CC2)cc1)NCc1c(C)nn(C)c1C.I. The van der Waals surface area contributed by atoms with Crippen molar-refractivity contribution in [1.82, 2.24) is 30.2 Å². The number of benzene rings is 1.